The summed E-state index contributed by atoms with van der Waals surface area (Å²) in [6.45, 7) is 0.877. The molecule has 3 aromatic carbocycles. The molecule has 1 aliphatic rings. The van der Waals surface area contributed by atoms with Crippen LogP contribution in [0.2, 0.25) is 0 Å². The van der Waals surface area contributed by atoms with E-state index in [4.69, 9.17) is 4.74 Å². The summed E-state index contributed by atoms with van der Waals surface area (Å²) in [6.07, 6.45) is -10.1. The molecule has 0 radical (unpaired) electrons. The molecule has 1 fully saturated rings. The Morgan fingerprint density at radius 2 is 1.63 bits per heavy atom. The molecule has 1 saturated heterocycles. The van der Waals surface area contributed by atoms with Crippen LogP contribution < -0.4 is 15.0 Å². The summed E-state index contributed by atoms with van der Waals surface area (Å²) in [5.41, 5.74) is 0.293. The molecule has 0 aromatic heterocycles. The molecule has 1 N–H and O–H groups in total. The Labute approximate surface area is 261 Å². The number of sulfone groups is 1. The van der Waals surface area contributed by atoms with Crippen molar-refractivity contribution in [2.75, 3.05) is 23.8 Å². The third-order valence-electron chi connectivity index (χ3n) is 7.38. The van der Waals surface area contributed by atoms with Crippen LogP contribution in [0.25, 0.3) is 0 Å². The quantitative estimate of drug-likeness (QED) is 0.234. The van der Waals surface area contributed by atoms with Gasteiger partial charge >= 0.3 is 12.5 Å². The average Bonchev–Trinajstić information content (AvgIpc) is 3.42. The van der Waals surface area contributed by atoms with Crippen molar-refractivity contribution in [3.63, 3.8) is 0 Å². The molecule has 46 heavy (non-hydrogen) atoms. The van der Waals surface area contributed by atoms with Gasteiger partial charge in [-0.3, -0.25) is 9.53 Å². The number of hydrogen-bond donors (Lipinski definition) is 1. The van der Waals surface area contributed by atoms with Gasteiger partial charge in [0.25, 0.3) is 5.91 Å². The van der Waals surface area contributed by atoms with Crippen molar-refractivity contribution in [1.82, 2.24) is 5.32 Å². The van der Waals surface area contributed by atoms with Crippen LogP contribution in [-0.2, 0) is 20.8 Å². The van der Waals surface area contributed by atoms with Gasteiger partial charge in [0.15, 0.2) is 9.84 Å². The van der Waals surface area contributed by atoms with Crippen LogP contribution in [-0.4, -0.2) is 51.7 Å². The minimum Gasteiger partial charge on any atom is -0.489 e. The van der Waals surface area contributed by atoms with Gasteiger partial charge in [0.05, 0.1) is 53.9 Å². The lowest BCUT2D eigenvalue weighted by molar-refractivity contribution is -0.325. The number of ether oxygens (including phenoxy) is 2. The van der Waals surface area contributed by atoms with Gasteiger partial charge < -0.3 is 15.0 Å². The maximum atomic E-state index is 13.1. The SMILES string of the molecule is CCS(=O)(=O)c1ccc([C@H](CC#N)NC(=O)c2ccc(N3C[C@@H](Oc4ccc(C(F)(F)F)cc4)C[C@H]3COC(F)(F)F)cc2)cc1. The standard InChI is InChI=1S/C31H29F6N3O5S/c1-2-46(42,43)27-13-5-20(6-14-27)28(15-16-38)39-29(41)21-3-9-23(10-4-21)40-18-26(17-24(40)19-44-31(35,36)37)45-25-11-7-22(8-12-25)30(32,33)34/h3-14,24,26,28H,2,15,17-19H2,1H3,(H,39,41)/t24-,26-,28-/m0/s1. The monoisotopic (exact) mass is 669 g/mol. The largest absolute Gasteiger partial charge is 0.522 e. The normalized spacial score (nSPS) is 17.7. The highest BCUT2D eigenvalue weighted by Crippen LogP contribution is 2.33. The van der Waals surface area contributed by atoms with Crippen molar-refractivity contribution in [2.45, 2.75) is 55.4 Å². The van der Waals surface area contributed by atoms with E-state index in [9.17, 15) is 44.8 Å². The lowest BCUT2D eigenvalue weighted by atomic mass is 10.0. The van der Waals surface area contributed by atoms with Crippen LogP contribution in [0, 0.1) is 11.3 Å². The average molecular weight is 670 g/mol. The van der Waals surface area contributed by atoms with Crippen molar-refractivity contribution in [3.05, 3.63) is 89.5 Å². The van der Waals surface area contributed by atoms with Gasteiger partial charge in [-0.05, 0) is 66.2 Å². The predicted octanol–water partition coefficient (Wildman–Crippen LogP) is 6.45. The van der Waals surface area contributed by atoms with E-state index < -0.39 is 58.6 Å². The summed E-state index contributed by atoms with van der Waals surface area (Å²) in [4.78, 5) is 14.8. The second kappa shape index (κ2) is 14.0. The first kappa shape index (κ1) is 34.6. The number of carbonyl (C=O) groups is 1. The number of nitrogens with one attached hydrogen (secondary N) is 1. The van der Waals surface area contributed by atoms with Crippen molar-refractivity contribution >= 4 is 21.4 Å². The zero-order valence-corrected chi connectivity index (χ0v) is 25.1. The minimum atomic E-state index is -4.88. The first-order valence-corrected chi connectivity index (χ1v) is 15.7. The second-order valence-electron chi connectivity index (χ2n) is 10.5. The number of anilines is 1. The molecular formula is C31H29F6N3O5S. The highest BCUT2D eigenvalue weighted by Gasteiger charge is 2.38. The zero-order chi connectivity index (χ0) is 33.7. The molecule has 1 amide bonds. The number of nitrogens with zero attached hydrogens (tertiary/aromatic N) is 2. The fourth-order valence-electron chi connectivity index (χ4n) is 5.00. The Hall–Kier alpha value is -4.29. The maximum Gasteiger partial charge on any atom is 0.522 e. The summed E-state index contributed by atoms with van der Waals surface area (Å²) in [5, 5.41) is 12.0. The number of rotatable bonds is 11. The Morgan fingerprint density at radius 3 is 2.17 bits per heavy atom. The molecule has 1 heterocycles. The van der Waals surface area contributed by atoms with E-state index in [1.165, 1.54) is 55.5 Å². The first-order chi connectivity index (χ1) is 21.6. The summed E-state index contributed by atoms with van der Waals surface area (Å²) < 4.78 is 111. The van der Waals surface area contributed by atoms with Gasteiger partial charge in [0.2, 0.25) is 0 Å². The Kier molecular flexibility index (Phi) is 10.5. The summed E-state index contributed by atoms with van der Waals surface area (Å²) in [6, 6.07) is 16.2. The van der Waals surface area contributed by atoms with E-state index in [-0.39, 0.29) is 41.3 Å². The van der Waals surface area contributed by atoms with Gasteiger partial charge in [-0.1, -0.05) is 19.1 Å². The number of halogens is 6. The first-order valence-electron chi connectivity index (χ1n) is 14.0. The fraction of sp³-hybridized carbons (Fsp3) is 0.355. The third kappa shape index (κ3) is 8.91. The molecular weight excluding hydrogens is 640 g/mol. The van der Waals surface area contributed by atoms with E-state index in [0.717, 1.165) is 24.3 Å². The maximum absolute atomic E-state index is 13.1. The van der Waals surface area contributed by atoms with Crippen molar-refractivity contribution < 1.29 is 49.0 Å². The molecule has 15 heteroatoms. The van der Waals surface area contributed by atoms with E-state index in [0.29, 0.717) is 11.3 Å². The Morgan fingerprint density at radius 1 is 1.00 bits per heavy atom. The van der Waals surface area contributed by atoms with Crippen molar-refractivity contribution in [1.29, 1.82) is 5.26 Å². The zero-order valence-electron chi connectivity index (χ0n) is 24.3. The summed E-state index contributed by atoms with van der Waals surface area (Å²) in [7, 11) is -3.44. The molecule has 8 nitrogen and oxygen atoms in total. The number of nitriles is 1. The molecule has 3 atom stereocenters. The van der Waals surface area contributed by atoms with Crippen LogP contribution in [0.4, 0.5) is 32.0 Å². The minimum absolute atomic E-state index is 0.0769. The van der Waals surface area contributed by atoms with Gasteiger partial charge in [-0.2, -0.15) is 18.4 Å². The topological polar surface area (TPSA) is 109 Å². The molecule has 1 aliphatic heterocycles. The Bertz CT molecular complexity index is 1640. The smallest absolute Gasteiger partial charge is 0.489 e. The van der Waals surface area contributed by atoms with E-state index in [1.807, 2.05) is 6.07 Å². The highest BCUT2D eigenvalue weighted by molar-refractivity contribution is 7.91. The van der Waals surface area contributed by atoms with Gasteiger partial charge in [0, 0.05) is 17.7 Å². The third-order valence-corrected chi connectivity index (χ3v) is 9.13. The summed E-state index contributed by atoms with van der Waals surface area (Å²) in [5.74, 6) is -0.504. The predicted molar refractivity (Wildman–Crippen MR) is 155 cm³/mol. The molecule has 0 saturated carbocycles. The second-order valence-corrected chi connectivity index (χ2v) is 12.7. The lowest BCUT2D eigenvalue weighted by Crippen LogP contribution is -2.35. The molecule has 0 unspecified atom stereocenters. The van der Waals surface area contributed by atoms with Crippen LogP contribution in [0.1, 0.15) is 47.3 Å². The number of benzene rings is 3. The summed E-state index contributed by atoms with van der Waals surface area (Å²) >= 11 is 0. The number of alkyl halides is 6. The van der Waals surface area contributed by atoms with E-state index in [2.05, 4.69) is 10.1 Å². The van der Waals surface area contributed by atoms with Gasteiger partial charge in [-0.15, -0.1) is 13.2 Å². The van der Waals surface area contributed by atoms with Gasteiger partial charge in [0.1, 0.15) is 11.9 Å². The molecule has 3 aromatic rings. The molecule has 0 spiro atoms. The highest BCUT2D eigenvalue weighted by atomic mass is 32.2. The van der Waals surface area contributed by atoms with E-state index in [1.54, 1.807) is 4.90 Å². The number of carbonyl (C=O) groups excluding carboxylic acids is 1. The molecule has 0 bridgehead atoms. The molecule has 4 rings (SSSR count). The van der Waals surface area contributed by atoms with Crippen LogP contribution in [0.15, 0.2) is 77.7 Å². The van der Waals surface area contributed by atoms with Crippen LogP contribution in [0.3, 0.4) is 0 Å². The lowest BCUT2D eigenvalue weighted by Gasteiger charge is -2.26. The Balaban J connectivity index is 1.47. The number of amides is 1. The van der Waals surface area contributed by atoms with Crippen LogP contribution >= 0.6 is 0 Å². The fourth-order valence-corrected chi connectivity index (χ4v) is 5.89. The van der Waals surface area contributed by atoms with Crippen LogP contribution in [0.5, 0.6) is 5.75 Å². The van der Waals surface area contributed by atoms with Crippen molar-refractivity contribution in [2.24, 2.45) is 0 Å². The number of hydrogen-bond acceptors (Lipinski definition) is 7. The van der Waals surface area contributed by atoms with Gasteiger partial charge in [-0.25, -0.2) is 8.42 Å². The molecule has 0 aliphatic carbocycles. The van der Waals surface area contributed by atoms with Crippen molar-refractivity contribution in [3.8, 4) is 11.8 Å². The van der Waals surface area contributed by atoms with E-state index >= 15 is 0 Å². The molecule has 246 valence electrons.